The van der Waals surface area contributed by atoms with Gasteiger partial charge in [-0.05, 0) is 56.0 Å². The molecule has 1 aliphatic rings. The van der Waals surface area contributed by atoms with Crippen LogP contribution in [0.2, 0.25) is 0 Å². The van der Waals surface area contributed by atoms with E-state index in [1.807, 2.05) is 73.5 Å². The Labute approximate surface area is 163 Å². The Bertz CT molecular complexity index is 938. The lowest BCUT2D eigenvalue weighted by molar-refractivity contribution is -0.0588. The van der Waals surface area contributed by atoms with Crippen molar-refractivity contribution in [2.45, 2.75) is 33.0 Å². The van der Waals surface area contributed by atoms with Crippen molar-refractivity contribution in [2.75, 3.05) is 13.1 Å². The first-order chi connectivity index (χ1) is 13.0. The van der Waals surface area contributed by atoms with Crippen LogP contribution < -0.4 is 0 Å². The van der Waals surface area contributed by atoms with Gasteiger partial charge in [0.15, 0.2) is 0 Å². The van der Waals surface area contributed by atoms with E-state index in [4.69, 9.17) is 9.84 Å². The molecule has 0 radical (unpaired) electrons. The highest BCUT2D eigenvalue weighted by molar-refractivity contribution is 7.13. The summed E-state index contributed by atoms with van der Waals surface area (Å²) in [5.41, 5.74) is 3.44. The lowest BCUT2D eigenvalue weighted by Gasteiger charge is -2.35. The molecule has 4 rings (SSSR count). The molecule has 2 aromatic heterocycles. The fraction of sp³-hybridized carbons (Fsp3) is 0.333. The quantitative estimate of drug-likeness (QED) is 0.684. The molecule has 2 atom stereocenters. The number of thiophene rings is 1. The summed E-state index contributed by atoms with van der Waals surface area (Å²) in [6.07, 6.45) is 0.0645. The monoisotopic (exact) mass is 381 g/mol. The molecule has 1 aromatic carbocycles. The van der Waals surface area contributed by atoms with Gasteiger partial charge in [-0.1, -0.05) is 18.2 Å². The number of hydrogen-bond acceptors (Lipinski definition) is 4. The first-order valence-corrected chi connectivity index (χ1v) is 10.0. The number of carbonyl (C=O) groups is 1. The largest absolute Gasteiger partial charge is 0.372 e. The smallest absolute Gasteiger partial charge is 0.272 e. The predicted molar refractivity (Wildman–Crippen MR) is 108 cm³/mol. The van der Waals surface area contributed by atoms with Gasteiger partial charge in [0.1, 0.15) is 11.4 Å². The molecule has 0 aliphatic carbocycles. The summed E-state index contributed by atoms with van der Waals surface area (Å²) in [4.78, 5) is 16.3. The summed E-state index contributed by atoms with van der Waals surface area (Å²) in [6, 6.07) is 14.0. The Morgan fingerprint density at radius 2 is 1.93 bits per heavy atom. The van der Waals surface area contributed by atoms with Gasteiger partial charge < -0.3 is 9.64 Å². The number of amides is 1. The molecular formula is C21H23N3O2S. The van der Waals surface area contributed by atoms with Crippen molar-refractivity contribution in [1.82, 2.24) is 14.7 Å². The van der Waals surface area contributed by atoms with Crippen molar-refractivity contribution in [3.63, 3.8) is 0 Å². The highest BCUT2D eigenvalue weighted by Gasteiger charge is 2.29. The van der Waals surface area contributed by atoms with Crippen LogP contribution in [0.25, 0.3) is 16.3 Å². The van der Waals surface area contributed by atoms with E-state index in [-0.39, 0.29) is 18.1 Å². The van der Waals surface area contributed by atoms with Crippen LogP contribution in [-0.2, 0) is 4.74 Å². The molecule has 1 aliphatic heterocycles. The molecule has 1 amide bonds. The summed E-state index contributed by atoms with van der Waals surface area (Å²) >= 11 is 1.62. The fourth-order valence-electron chi connectivity index (χ4n) is 3.54. The minimum absolute atomic E-state index is 0.00573. The Morgan fingerprint density at radius 1 is 1.15 bits per heavy atom. The SMILES string of the molecule is Cc1cccc(-n2nc(-c3cccs3)cc2C(=O)N2CC(C)OC(C)C2)c1. The fourth-order valence-corrected chi connectivity index (χ4v) is 4.22. The molecule has 27 heavy (non-hydrogen) atoms. The number of rotatable bonds is 3. The number of hydrogen-bond donors (Lipinski definition) is 0. The summed E-state index contributed by atoms with van der Waals surface area (Å²) in [7, 11) is 0. The molecule has 0 saturated carbocycles. The zero-order valence-corrected chi connectivity index (χ0v) is 16.6. The topological polar surface area (TPSA) is 47.4 Å². The zero-order chi connectivity index (χ0) is 19.0. The van der Waals surface area contributed by atoms with Crippen LogP contribution in [0, 0.1) is 6.92 Å². The number of morpholine rings is 1. The van der Waals surface area contributed by atoms with E-state index in [0.29, 0.717) is 18.8 Å². The molecule has 3 heterocycles. The first kappa shape index (κ1) is 17.9. The minimum atomic E-state index is -0.00573. The van der Waals surface area contributed by atoms with Crippen molar-refractivity contribution in [1.29, 1.82) is 0 Å². The lowest BCUT2D eigenvalue weighted by Crippen LogP contribution is -2.48. The Balaban J connectivity index is 1.77. The van der Waals surface area contributed by atoms with Crippen LogP contribution in [0.3, 0.4) is 0 Å². The summed E-state index contributed by atoms with van der Waals surface area (Å²) in [5, 5.41) is 6.79. The van der Waals surface area contributed by atoms with Gasteiger partial charge in [-0.25, -0.2) is 4.68 Å². The molecule has 0 spiro atoms. The zero-order valence-electron chi connectivity index (χ0n) is 15.8. The molecule has 6 heteroatoms. The molecule has 2 unspecified atom stereocenters. The number of nitrogens with zero attached hydrogens (tertiary/aromatic N) is 3. The van der Waals surface area contributed by atoms with E-state index in [1.165, 1.54) is 0 Å². The van der Waals surface area contributed by atoms with Gasteiger partial charge in [-0.15, -0.1) is 11.3 Å². The number of aryl methyl sites for hydroxylation is 1. The van der Waals surface area contributed by atoms with Gasteiger partial charge in [0.2, 0.25) is 0 Å². The average Bonchev–Trinajstić information content (AvgIpc) is 3.30. The van der Waals surface area contributed by atoms with E-state index >= 15 is 0 Å². The molecule has 0 bridgehead atoms. The van der Waals surface area contributed by atoms with Crippen molar-refractivity contribution >= 4 is 17.2 Å². The number of benzene rings is 1. The van der Waals surface area contributed by atoms with Gasteiger partial charge in [0.05, 0.1) is 22.8 Å². The highest BCUT2D eigenvalue weighted by Crippen LogP contribution is 2.27. The maximum absolute atomic E-state index is 13.4. The molecule has 3 aromatic rings. The minimum Gasteiger partial charge on any atom is -0.372 e. The van der Waals surface area contributed by atoms with E-state index in [0.717, 1.165) is 21.8 Å². The number of carbonyl (C=O) groups excluding carboxylic acids is 1. The van der Waals surface area contributed by atoms with Gasteiger partial charge in [0.25, 0.3) is 5.91 Å². The van der Waals surface area contributed by atoms with Gasteiger partial charge >= 0.3 is 0 Å². The summed E-state index contributed by atoms with van der Waals surface area (Å²) in [6.45, 7) is 7.24. The Hall–Kier alpha value is -2.44. The van der Waals surface area contributed by atoms with E-state index in [9.17, 15) is 4.79 Å². The van der Waals surface area contributed by atoms with Gasteiger partial charge in [0, 0.05) is 13.1 Å². The third kappa shape index (κ3) is 3.68. The average molecular weight is 382 g/mol. The van der Waals surface area contributed by atoms with Crippen LogP contribution in [-0.4, -0.2) is 45.9 Å². The van der Waals surface area contributed by atoms with Crippen LogP contribution >= 0.6 is 11.3 Å². The maximum Gasteiger partial charge on any atom is 0.272 e. The Kier molecular flexibility index (Phi) is 4.85. The van der Waals surface area contributed by atoms with Crippen molar-refractivity contribution in [2.24, 2.45) is 0 Å². The van der Waals surface area contributed by atoms with Crippen molar-refractivity contribution < 1.29 is 9.53 Å². The van der Waals surface area contributed by atoms with Crippen LogP contribution in [0.5, 0.6) is 0 Å². The maximum atomic E-state index is 13.4. The highest BCUT2D eigenvalue weighted by atomic mass is 32.1. The van der Waals surface area contributed by atoms with Gasteiger partial charge in [-0.3, -0.25) is 4.79 Å². The summed E-state index contributed by atoms with van der Waals surface area (Å²) < 4.78 is 7.56. The second kappa shape index (κ2) is 7.29. The Morgan fingerprint density at radius 3 is 2.59 bits per heavy atom. The molecular weight excluding hydrogens is 358 g/mol. The number of ether oxygens (including phenoxy) is 1. The molecule has 1 fully saturated rings. The third-order valence-electron chi connectivity index (χ3n) is 4.66. The predicted octanol–water partition coefficient (Wildman–Crippen LogP) is 4.16. The van der Waals surface area contributed by atoms with E-state index in [2.05, 4.69) is 0 Å². The molecule has 140 valence electrons. The van der Waals surface area contributed by atoms with Crippen LogP contribution in [0.15, 0.2) is 47.8 Å². The van der Waals surface area contributed by atoms with Crippen molar-refractivity contribution in [3.05, 3.63) is 59.1 Å². The molecule has 0 N–H and O–H groups in total. The standard InChI is InChI=1S/C21H23N3O2S/c1-14-6-4-7-17(10-14)24-19(11-18(22-24)20-8-5-9-27-20)21(25)23-12-15(2)26-16(3)13-23/h4-11,15-16H,12-13H2,1-3H3. The second-order valence-corrected chi connectivity index (χ2v) is 8.06. The number of aromatic nitrogens is 2. The van der Waals surface area contributed by atoms with Crippen LogP contribution in [0.4, 0.5) is 0 Å². The van der Waals surface area contributed by atoms with Gasteiger partial charge in [-0.2, -0.15) is 5.10 Å². The molecule has 5 nitrogen and oxygen atoms in total. The lowest BCUT2D eigenvalue weighted by atomic mass is 10.2. The second-order valence-electron chi connectivity index (χ2n) is 7.11. The normalized spacial score (nSPS) is 20.0. The van der Waals surface area contributed by atoms with E-state index < -0.39 is 0 Å². The van der Waals surface area contributed by atoms with Crippen LogP contribution in [0.1, 0.15) is 29.9 Å². The van der Waals surface area contributed by atoms with E-state index in [1.54, 1.807) is 16.0 Å². The summed E-state index contributed by atoms with van der Waals surface area (Å²) in [5.74, 6) is -0.00573. The third-order valence-corrected chi connectivity index (χ3v) is 5.55. The van der Waals surface area contributed by atoms with Crippen molar-refractivity contribution in [3.8, 4) is 16.3 Å². The molecule has 1 saturated heterocycles. The first-order valence-electron chi connectivity index (χ1n) is 9.17.